The minimum Gasteiger partial charge on any atom is -0.454 e. The Balaban J connectivity index is 2.23. The highest BCUT2D eigenvalue weighted by molar-refractivity contribution is 5.97. The van der Waals surface area contributed by atoms with Crippen molar-refractivity contribution in [2.75, 3.05) is 12.3 Å². The van der Waals surface area contributed by atoms with Gasteiger partial charge in [0.25, 0.3) is 5.56 Å². The van der Waals surface area contributed by atoms with Gasteiger partial charge in [-0.1, -0.05) is 27.7 Å². The molecule has 0 amide bonds. The molecule has 5 N–H and O–H groups in total. The van der Waals surface area contributed by atoms with Crippen LogP contribution in [0, 0.1) is 11.8 Å². The number of nitrogen functional groups attached to an aromatic ring is 1. The number of aliphatic hydroxyl groups excluding tert-OH is 2. The fourth-order valence-electron chi connectivity index (χ4n) is 3.15. The predicted octanol–water partition coefficient (Wildman–Crippen LogP) is -0.641. The minimum absolute atomic E-state index is 0.0679. The standard InChI is InChI=1S/C18H25N5O7/c1-6(2)10(25)14-20-9-13(21-18(19)22-15(9)27)23(14)16-12(30-17(28)7(3)4)11(26)8(5-24)29-16/h6-8,11-12,16,24,26H,5H2,1-4H3,(H3,19,21,22,27)/t8-,11-,12+,16?/m1/s1. The molecule has 164 valence electrons. The first-order chi connectivity index (χ1) is 14.1. The molecule has 2 aromatic heterocycles. The second-order valence-electron chi connectivity index (χ2n) is 7.74. The van der Waals surface area contributed by atoms with E-state index in [-0.39, 0.29) is 22.9 Å². The van der Waals surface area contributed by atoms with Crippen molar-refractivity contribution >= 4 is 28.9 Å². The third kappa shape index (κ3) is 3.68. The van der Waals surface area contributed by atoms with Gasteiger partial charge in [0.05, 0.1) is 12.5 Å². The van der Waals surface area contributed by atoms with E-state index in [1.165, 1.54) is 4.57 Å². The van der Waals surface area contributed by atoms with Gasteiger partial charge >= 0.3 is 5.97 Å². The van der Waals surface area contributed by atoms with Gasteiger partial charge in [0.15, 0.2) is 29.3 Å². The summed E-state index contributed by atoms with van der Waals surface area (Å²) in [7, 11) is 0. The summed E-state index contributed by atoms with van der Waals surface area (Å²) in [4.78, 5) is 47.9. The SMILES string of the molecule is CC(C)C(=O)O[C@@H]1C(n2c(C(=O)C(C)C)nc3c(=O)[nH]c(N)nc32)O[C@H](CO)[C@H]1O. The lowest BCUT2D eigenvalue weighted by atomic mass is 10.1. The van der Waals surface area contributed by atoms with Gasteiger partial charge in [-0.25, -0.2) is 4.98 Å². The number of nitrogens with two attached hydrogens (primary N) is 1. The van der Waals surface area contributed by atoms with Crippen molar-refractivity contribution < 1.29 is 29.3 Å². The van der Waals surface area contributed by atoms with Gasteiger partial charge in [-0.3, -0.25) is 23.9 Å². The molecular formula is C18H25N5O7. The summed E-state index contributed by atoms with van der Waals surface area (Å²) < 4.78 is 12.3. The predicted molar refractivity (Wildman–Crippen MR) is 103 cm³/mol. The fourth-order valence-corrected chi connectivity index (χ4v) is 3.15. The topological polar surface area (TPSA) is 183 Å². The van der Waals surface area contributed by atoms with Gasteiger partial charge in [0.1, 0.15) is 12.2 Å². The van der Waals surface area contributed by atoms with Crippen LogP contribution < -0.4 is 11.3 Å². The summed E-state index contributed by atoms with van der Waals surface area (Å²) >= 11 is 0. The zero-order valence-corrected chi connectivity index (χ0v) is 17.0. The van der Waals surface area contributed by atoms with Crippen molar-refractivity contribution in [2.24, 2.45) is 11.8 Å². The van der Waals surface area contributed by atoms with Crippen LogP contribution in [-0.4, -0.2) is 66.4 Å². The van der Waals surface area contributed by atoms with Gasteiger partial charge in [-0.2, -0.15) is 4.98 Å². The number of esters is 1. The van der Waals surface area contributed by atoms with Crippen molar-refractivity contribution in [3.63, 3.8) is 0 Å². The van der Waals surface area contributed by atoms with Crippen molar-refractivity contribution in [1.82, 2.24) is 19.5 Å². The number of Topliss-reactive ketones (excluding diaryl/α,β-unsaturated/α-hetero) is 1. The zero-order chi connectivity index (χ0) is 22.3. The number of anilines is 1. The van der Waals surface area contributed by atoms with Gasteiger partial charge in [-0.15, -0.1) is 0 Å². The van der Waals surface area contributed by atoms with E-state index < -0.39 is 60.3 Å². The van der Waals surface area contributed by atoms with Crippen LogP contribution in [0.4, 0.5) is 5.95 Å². The molecule has 30 heavy (non-hydrogen) atoms. The molecule has 12 heteroatoms. The normalized spacial score (nSPS) is 24.1. The number of nitrogens with one attached hydrogen (secondary N) is 1. The van der Waals surface area contributed by atoms with E-state index in [1.54, 1.807) is 27.7 Å². The van der Waals surface area contributed by atoms with E-state index in [0.717, 1.165) is 0 Å². The highest BCUT2D eigenvalue weighted by Gasteiger charge is 2.49. The summed E-state index contributed by atoms with van der Waals surface area (Å²) in [5.41, 5.74) is 4.77. The molecule has 0 saturated carbocycles. The first-order valence-corrected chi connectivity index (χ1v) is 9.53. The van der Waals surface area contributed by atoms with E-state index >= 15 is 0 Å². The van der Waals surface area contributed by atoms with Gasteiger partial charge in [0, 0.05) is 5.92 Å². The molecule has 0 aliphatic carbocycles. The van der Waals surface area contributed by atoms with E-state index in [4.69, 9.17) is 15.2 Å². The lowest BCUT2D eigenvalue weighted by molar-refractivity contribution is -0.162. The molecular weight excluding hydrogens is 398 g/mol. The number of carbonyl (C=O) groups is 2. The van der Waals surface area contributed by atoms with Gasteiger partial charge < -0.3 is 25.4 Å². The summed E-state index contributed by atoms with van der Waals surface area (Å²) in [5, 5.41) is 20.1. The Morgan fingerprint density at radius 3 is 2.50 bits per heavy atom. The first kappa shape index (κ1) is 21.9. The molecule has 0 spiro atoms. The molecule has 0 radical (unpaired) electrons. The minimum atomic E-state index is -1.39. The largest absolute Gasteiger partial charge is 0.454 e. The fraction of sp³-hybridized carbons (Fsp3) is 0.611. The number of ketones is 1. The number of nitrogens with zero attached hydrogens (tertiary/aromatic N) is 3. The highest BCUT2D eigenvalue weighted by Crippen LogP contribution is 2.35. The number of carbonyl (C=O) groups excluding carboxylic acids is 2. The summed E-state index contributed by atoms with van der Waals surface area (Å²) in [6, 6.07) is 0. The van der Waals surface area contributed by atoms with Crippen LogP contribution in [0.5, 0.6) is 0 Å². The Morgan fingerprint density at radius 2 is 1.93 bits per heavy atom. The van der Waals surface area contributed by atoms with Crippen molar-refractivity contribution in [3.05, 3.63) is 16.2 Å². The number of hydrogen-bond acceptors (Lipinski definition) is 10. The lowest BCUT2D eigenvalue weighted by Gasteiger charge is -2.24. The van der Waals surface area contributed by atoms with Gasteiger partial charge in [0.2, 0.25) is 11.7 Å². The van der Waals surface area contributed by atoms with Crippen LogP contribution in [0.15, 0.2) is 4.79 Å². The molecule has 1 aliphatic heterocycles. The number of aromatic amines is 1. The molecule has 2 aromatic rings. The molecule has 1 saturated heterocycles. The molecule has 3 heterocycles. The average Bonchev–Trinajstić information content (AvgIpc) is 3.19. The number of aromatic nitrogens is 4. The smallest absolute Gasteiger partial charge is 0.308 e. The Kier molecular flexibility index (Phi) is 5.92. The summed E-state index contributed by atoms with van der Waals surface area (Å²) in [6.45, 7) is 5.96. The van der Waals surface area contributed by atoms with E-state index in [9.17, 15) is 24.6 Å². The van der Waals surface area contributed by atoms with Crippen LogP contribution in [0.2, 0.25) is 0 Å². The number of rotatable bonds is 6. The molecule has 3 rings (SSSR count). The molecule has 1 unspecified atom stereocenters. The first-order valence-electron chi connectivity index (χ1n) is 9.53. The maximum atomic E-state index is 12.8. The Hall–Kier alpha value is -2.83. The second kappa shape index (κ2) is 8.13. The Labute approximate surface area is 171 Å². The lowest BCUT2D eigenvalue weighted by Crippen LogP contribution is -2.38. The summed E-state index contributed by atoms with van der Waals surface area (Å²) in [5.74, 6) is -2.41. The van der Waals surface area contributed by atoms with Crippen molar-refractivity contribution in [2.45, 2.75) is 52.2 Å². The third-order valence-corrected chi connectivity index (χ3v) is 4.78. The van der Waals surface area contributed by atoms with E-state index in [2.05, 4.69) is 15.0 Å². The van der Waals surface area contributed by atoms with Crippen molar-refractivity contribution in [1.29, 1.82) is 0 Å². The Bertz CT molecular complexity index is 1030. The zero-order valence-electron chi connectivity index (χ0n) is 17.0. The van der Waals surface area contributed by atoms with Crippen LogP contribution >= 0.6 is 0 Å². The molecule has 0 bridgehead atoms. The van der Waals surface area contributed by atoms with E-state index in [1.807, 2.05) is 0 Å². The van der Waals surface area contributed by atoms with Crippen molar-refractivity contribution in [3.8, 4) is 0 Å². The maximum Gasteiger partial charge on any atom is 0.308 e. The van der Waals surface area contributed by atoms with Gasteiger partial charge in [-0.05, 0) is 0 Å². The van der Waals surface area contributed by atoms with Crippen LogP contribution in [0.25, 0.3) is 11.2 Å². The number of hydrogen-bond donors (Lipinski definition) is 4. The van der Waals surface area contributed by atoms with Crippen LogP contribution in [0.3, 0.4) is 0 Å². The third-order valence-electron chi connectivity index (χ3n) is 4.78. The highest BCUT2D eigenvalue weighted by atomic mass is 16.6. The number of fused-ring (bicyclic) bond motifs is 1. The number of aliphatic hydroxyl groups is 2. The quantitative estimate of drug-likeness (QED) is 0.344. The van der Waals surface area contributed by atoms with Crippen LogP contribution in [0.1, 0.15) is 44.5 Å². The average molecular weight is 423 g/mol. The van der Waals surface area contributed by atoms with E-state index in [0.29, 0.717) is 0 Å². The molecule has 1 aliphatic rings. The summed E-state index contributed by atoms with van der Waals surface area (Å²) in [6.07, 6.45) is -5.04. The molecule has 12 nitrogen and oxygen atoms in total. The molecule has 0 aromatic carbocycles. The number of H-pyrrole nitrogens is 1. The maximum absolute atomic E-state index is 12.8. The van der Waals surface area contributed by atoms with Crippen LogP contribution in [-0.2, 0) is 14.3 Å². The Morgan fingerprint density at radius 1 is 1.27 bits per heavy atom. The number of imidazole rings is 1. The molecule has 4 atom stereocenters. The number of ether oxygens (including phenoxy) is 2. The molecule has 1 fully saturated rings. The second-order valence-corrected chi connectivity index (χ2v) is 7.74. The monoisotopic (exact) mass is 423 g/mol.